The zero-order valence-electron chi connectivity index (χ0n) is 19.5. The zero-order valence-corrected chi connectivity index (χ0v) is 19.5. The molecule has 5 nitrogen and oxygen atoms in total. The van der Waals surface area contributed by atoms with Crippen LogP contribution in [0.4, 0.5) is 0 Å². The van der Waals surface area contributed by atoms with Crippen LogP contribution in [0.3, 0.4) is 0 Å². The Hall–Kier alpha value is -3.99. The maximum atomic E-state index is 13.7. The van der Waals surface area contributed by atoms with E-state index in [0.29, 0.717) is 11.3 Å². The second-order valence-corrected chi connectivity index (χ2v) is 8.69. The van der Waals surface area contributed by atoms with Crippen LogP contribution >= 0.6 is 0 Å². The minimum Gasteiger partial charge on any atom is -0.266 e. The lowest BCUT2D eigenvalue weighted by Crippen LogP contribution is -2.21. The fraction of sp³-hybridized carbons (Fsp3) is 0.179. The lowest BCUT2D eigenvalue weighted by atomic mass is 10.0. The first-order valence-corrected chi connectivity index (χ1v) is 11.1. The Bertz CT molecular complexity index is 1570. The molecule has 0 fully saturated rings. The van der Waals surface area contributed by atoms with E-state index < -0.39 is 0 Å². The third-order valence-electron chi connectivity index (χ3n) is 6.41. The first-order chi connectivity index (χ1) is 15.8. The summed E-state index contributed by atoms with van der Waals surface area (Å²) in [5.41, 5.74) is 9.00. The van der Waals surface area contributed by atoms with Gasteiger partial charge >= 0.3 is 0 Å². The van der Waals surface area contributed by atoms with Gasteiger partial charge in [-0.2, -0.15) is 5.10 Å². The van der Waals surface area contributed by atoms with Gasteiger partial charge in [0.05, 0.1) is 11.4 Å². The molecule has 0 aliphatic heterocycles. The molecule has 0 aliphatic carbocycles. The van der Waals surface area contributed by atoms with Crippen LogP contribution in [-0.4, -0.2) is 19.3 Å². The number of rotatable bonds is 3. The highest BCUT2D eigenvalue weighted by atomic mass is 16.1. The molecule has 2 aromatic carbocycles. The predicted octanol–water partition coefficient (Wildman–Crippen LogP) is 5.78. The van der Waals surface area contributed by atoms with Crippen molar-refractivity contribution in [3.05, 3.63) is 105 Å². The van der Waals surface area contributed by atoms with E-state index in [2.05, 4.69) is 56.9 Å². The van der Waals surface area contributed by atoms with Gasteiger partial charge in [-0.15, -0.1) is 0 Å². The number of aryl methyl sites for hydroxylation is 5. The standard InChI is InChI=1S/C28H26N4O/c1-17-8-6-7-9-23(17)22-10-11-26(29-16-22)31-13-12-24-21(5)30-32(27(24)28(31)33)25-15-19(3)18(2)14-20(25)4/h6-16H,1-5H3. The average molecular weight is 435 g/mol. The van der Waals surface area contributed by atoms with E-state index in [1.165, 1.54) is 16.7 Å². The molecular formula is C28H26N4O. The maximum absolute atomic E-state index is 13.7. The van der Waals surface area contributed by atoms with E-state index in [0.717, 1.165) is 33.5 Å². The van der Waals surface area contributed by atoms with Gasteiger partial charge < -0.3 is 0 Å². The van der Waals surface area contributed by atoms with Gasteiger partial charge in [0, 0.05) is 23.3 Å². The summed E-state index contributed by atoms with van der Waals surface area (Å²) in [5.74, 6) is 0.585. The SMILES string of the molecule is Cc1cc(C)c(-n2nc(C)c3ccn(-c4ccc(-c5ccccc5C)cn4)c(=O)c32)cc1C. The van der Waals surface area contributed by atoms with Crippen LogP contribution in [0.1, 0.15) is 27.9 Å². The largest absolute Gasteiger partial charge is 0.282 e. The van der Waals surface area contributed by atoms with Crippen molar-refractivity contribution in [2.45, 2.75) is 34.6 Å². The molecule has 0 atom stereocenters. The number of pyridine rings is 2. The molecule has 3 aromatic heterocycles. The van der Waals surface area contributed by atoms with E-state index >= 15 is 0 Å². The minimum atomic E-state index is -0.137. The second-order valence-electron chi connectivity index (χ2n) is 8.69. The highest BCUT2D eigenvalue weighted by Gasteiger charge is 2.17. The van der Waals surface area contributed by atoms with Gasteiger partial charge in [-0.25, -0.2) is 9.67 Å². The van der Waals surface area contributed by atoms with E-state index in [-0.39, 0.29) is 5.56 Å². The Morgan fingerprint density at radius 3 is 2.27 bits per heavy atom. The van der Waals surface area contributed by atoms with Crippen molar-refractivity contribution in [1.29, 1.82) is 0 Å². The molecule has 164 valence electrons. The van der Waals surface area contributed by atoms with Crippen molar-refractivity contribution >= 4 is 10.9 Å². The number of fused-ring (bicyclic) bond motifs is 1. The van der Waals surface area contributed by atoms with Crippen molar-refractivity contribution < 1.29 is 0 Å². The Morgan fingerprint density at radius 1 is 0.788 bits per heavy atom. The number of benzene rings is 2. The highest BCUT2D eigenvalue weighted by molar-refractivity contribution is 5.83. The van der Waals surface area contributed by atoms with Gasteiger partial charge in [-0.1, -0.05) is 30.3 Å². The van der Waals surface area contributed by atoms with Crippen LogP contribution in [0.25, 0.3) is 33.5 Å². The summed E-state index contributed by atoms with van der Waals surface area (Å²) in [6.07, 6.45) is 3.61. The van der Waals surface area contributed by atoms with Gasteiger partial charge in [-0.05, 0) is 86.7 Å². The summed E-state index contributed by atoms with van der Waals surface area (Å²) < 4.78 is 3.38. The smallest absolute Gasteiger partial charge is 0.266 e. The molecule has 0 saturated heterocycles. The lowest BCUT2D eigenvalue weighted by Gasteiger charge is -2.12. The lowest BCUT2D eigenvalue weighted by molar-refractivity contribution is 0.863. The fourth-order valence-electron chi connectivity index (χ4n) is 4.39. The van der Waals surface area contributed by atoms with Crippen LogP contribution in [0.5, 0.6) is 0 Å². The molecule has 0 bridgehead atoms. The topological polar surface area (TPSA) is 52.7 Å². The van der Waals surface area contributed by atoms with Gasteiger partial charge in [0.15, 0.2) is 0 Å². The molecule has 0 N–H and O–H groups in total. The van der Waals surface area contributed by atoms with Crippen molar-refractivity contribution in [2.75, 3.05) is 0 Å². The van der Waals surface area contributed by atoms with Gasteiger partial charge in [-0.3, -0.25) is 9.36 Å². The van der Waals surface area contributed by atoms with Crippen LogP contribution in [0.2, 0.25) is 0 Å². The van der Waals surface area contributed by atoms with E-state index in [1.54, 1.807) is 15.4 Å². The first kappa shape index (κ1) is 20.9. The maximum Gasteiger partial charge on any atom is 0.282 e. The molecule has 5 heteroatoms. The number of hydrogen-bond acceptors (Lipinski definition) is 3. The average Bonchev–Trinajstić information content (AvgIpc) is 3.14. The van der Waals surface area contributed by atoms with Crippen LogP contribution in [0, 0.1) is 34.6 Å². The fourth-order valence-corrected chi connectivity index (χ4v) is 4.39. The Balaban J connectivity index is 1.67. The molecule has 0 spiro atoms. The van der Waals surface area contributed by atoms with Crippen molar-refractivity contribution in [1.82, 2.24) is 19.3 Å². The molecular weight excluding hydrogens is 408 g/mol. The quantitative estimate of drug-likeness (QED) is 0.362. The van der Waals surface area contributed by atoms with E-state index in [9.17, 15) is 4.79 Å². The molecule has 0 amide bonds. The molecule has 5 rings (SSSR count). The summed E-state index contributed by atoms with van der Waals surface area (Å²) >= 11 is 0. The summed E-state index contributed by atoms with van der Waals surface area (Å²) in [6, 6.07) is 18.3. The summed E-state index contributed by atoms with van der Waals surface area (Å²) in [4.78, 5) is 18.3. The van der Waals surface area contributed by atoms with E-state index in [4.69, 9.17) is 5.10 Å². The number of hydrogen-bond donors (Lipinski definition) is 0. The molecule has 0 unspecified atom stereocenters. The molecule has 0 saturated carbocycles. The Kier molecular flexibility index (Phi) is 4.97. The molecule has 3 heterocycles. The first-order valence-electron chi connectivity index (χ1n) is 11.1. The minimum absolute atomic E-state index is 0.137. The van der Waals surface area contributed by atoms with Gasteiger partial charge in [0.1, 0.15) is 11.3 Å². The Morgan fingerprint density at radius 2 is 1.55 bits per heavy atom. The van der Waals surface area contributed by atoms with Crippen LogP contribution < -0.4 is 5.56 Å². The normalized spacial score (nSPS) is 11.3. The predicted molar refractivity (Wildman–Crippen MR) is 134 cm³/mol. The summed E-state index contributed by atoms with van der Waals surface area (Å²) in [6.45, 7) is 10.2. The third-order valence-corrected chi connectivity index (χ3v) is 6.41. The molecule has 0 radical (unpaired) electrons. The van der Waals surface area contributed by atoms with Crippen molar-refractivity contribution in [3.8, 4) is 22.6 Å². The monoisotopic (exact) mass is 434 g/mol. The second kappa shape index (κ2) is 7.85. The van der Waals surface area contributed by atoms with E-state index in [1.807, 2.05) is 43.5 Å². The number of nitrogens with zero attached hydrogens (tertiary/aromatic N) is 4. The number of aromatic nitrogens is 4. The highest BCUT2D eigenvalue weighted by Crippen LogP contribution is 2.25. The van der Waals surface area contributed by atoms with Gasteiger partial charge in [0.25, 0.3) is 5.56 Å². The summed E-state index contributed by atoms with van der Waals surface area (Å²) in [5, 5.41) is 5.59. The Labute approximate surface area is 193 Å². The zero-order chi connectivity index (χ0) is 23.3. The molecule has 33 heavy (non-hydrogen) atoms. The molecule has 0 aliphatic rings. The van der Waals surface area contributed by atoms with Crippen molar-refractivity contribution in [3.63, 3.8) is 0 Å². The molecule has 5 aromatic rings. The summed E-state index contributed by atoms with van der Waals surface area (Å²) in [7, 11) is 0. The van der Waals surface area contributed by atoms with Crippen LogP contribution in [-0.2, 0) is 0 Å². The van der Waals surface area contributed by atoms with Crippen LogP contribution in [0.15, 0.2) is 71.8 Å². The van der Waals surface area contributed by atoms with Gasteiger partial charge in [0.2, 0.25) is 0 Å². The van der Waals surface area contributed by atoms with Crippen molar-refractivity contribution in [2.24, 2.45) is 0 Å². The third kappa shape index (κ3) is 3.46.